The molecule has 0 fully saturated rings. The summed E-state index contributed by atoms with van der Waals surface area (Å²) in [6.45, 7) is 0. The minimum atomic E-state index is -0.0174. The zero-order chi connectivity index (χ0) is 11.4. The van der Waals surface area contributed by atoms with Crippen LogP contribution >= 0.6 is 11.6 Å². The van der Waals surface area contributed by atoms with E-state index in [1.165, 1.54) is 0 Å². The molecule has 0 amide bonds. The quantitative estimate of drug-likeness (QED) is 0.560. The van der Waals surface area contributed by atoms with Crippen molar-refractivity contribution in [1.29, 1.82) is 0 Å². The summed E-state index contributed by atoms with van der Waals surface area (Å²) in [6.07, 6.45) is 4.25. The SMILES string of the molecule is NNC(Cc1ccc(Cl)cc1)c1ncc[nH]1. The summed E-state index contributed by atoms with van der Waals surface area (Å²) in [5.74, 6) is 6.34. The Bertz CT molecular complexity index is 424. The maximum Gasteiger partial charge on any atom is 0.124 e. The van der Waals surface area contributed by atoms with Crippen LogP contribution in [0, 0.1) is 0 Å². The third kappa shape index (κ3) is 2.61. The summed E-state index contributed by atoms with van der Waals surface area (Å²) in [5, 5.41) is 0.735. The molecule has 1 atom stereocenters. The monoisotopic (exact) mass is 236 g/mol. The summed E-state index contributed by atoms with van der Waals surface area (Å²) in [4.78, 5) is 7.22. The summed E-state index contributed by atoms with van der Waals surface area (Å²) >= 11 is 5.82. The molecule has 0 aliphatic heterocycles. The molecule has 1 unspecified atom stereocenters. The summed E-state index contributed by atoms with van der Waals surface area (Å²) in [6, 6.07) is 7.68. The van der Waals surface area contributed by atoms with Gasteiger partial charge in [-0.2, -0.15) is 0 Å². The molecule has 0 radical (unpaired) electrons. The van der Waals surface area contributed by atoms with Crippen molar-refractivity contribution in [3.63, 3.8) is 0 Å². The molecule has 0 aliphatic rings. The first-order valence-electron chi connectivity index (χ1n) is 4.99. The lowest BCUT2D eigenvalue weighted by molar-refractivity contribution is 0.527. The summed E-state index contributed by atoms with van der Waals surface area (Å²) in [7, 11) is 0. The number of hydrogen-bond donors (Lipinski definition) is 3. The molecule has 0 bridgehead atoms. The lowest BCUT2D eigenvalue weighted by atomic mass is 10.1. The lowest BCUT2D eigenvalue weighted by Gasteiger charge is -2.13. The second-order valence-electron chi connectivity index (χ2n) is 3.52. The first kappa shape index (κ1) is 11.1. The largest absolute Gasteiger partial charge is 0.347 e. The number of aromatic amines is 1. The Hall–Kier alpha value is -1.36. The molecule has 1 aromatic heterocycles. The Morgan fingerprint density at radius 2 is 2.12 bits per heavy atom. The van der Waals surface area contributed by atoms with Gasteiger partial charge in [0, 0.05) is 17.4 Å². The first-order chi connectivity index (χ1) is 7.79. The van der Waals surface area contributed by atoms with Gasteiger partial charge in [0.1, 0.15) is 5.82 Å². The number of benzene rings is 1. The number of nitrogens with one attached hydrogen (secondary N) is 2. The second kappa shape index (κ2) is 5.12. The molecule has 16 heavy (non-hydrogen) atoms. The zero-order valence-electron chi connectivity index (χ0n) is 8.65. The topological polar surface area (TPSA) is 66.7 Å². The fraction of sp³-hybridized carbons (Fsp3) is 0.182. The fourth-order valence-electron chi connectivity index (χ4n) is 1.56. The van der Waals surface area contributed by atoms with E-state index in [0.29, 0.717) is 0 Å². The van der Waals surface area contributed by atoms with E-state index in [0.717, 1.165) is 22.8 Å². The van der Waals surface area contributed by atoms with Gasteiger partial charge in [-0.15, -0.1) is 0 Å². The molecule has 84 valence electrons. The van der Waals surface area contributed by atoms with Gasteiger partial charge in [-0.1, -0.05) is 23.7 Å². The second-order valence-corrected chi connectivity index (χ2v) is 3.96. The highest BCUT2D eigenvalue weighted by atomic mass is 35.5. The van der Waals surface area contributed by atoms with Crippen molar-refractivity contribution < 1.29 is 0 Å². The van der Waals surface area contributed by atoms with Crippen LogP contribution < -0.4 is 11.3 Å². The Labute approximate surface area is 98.8 Å². The molecular formula is C11H13ClN4. The van der Waals surface area contributed by atoms with Gasteiger partial charge >= 0.3 is 0 Å². The number of nitrogens with two attached hydrogens (primary N) is 1. The predicted molar refractivity (Wildman–Crippen MR) is 63.8 cm³/mol. The Balaban J connectivity index is 2.10. The van der Waals surface area contributed by atoms with Crippen molar-refractivity contribution in [3.8, 4) is 0 Å². The molecule has 1 aromatic carbocycles. The third-order valence-electron chi connectivity index (χ3n) is 2.40. The molecule has 4 nitrogen and oxygen atoms in total. The zero-order valence-corrected chi connectivity index (χ0v) is 9.41. The van der Waals surface area contributed by atoms with Gasteiger partial charge in [0.05, 0.1) is 6.04 Å². The molecule has 0 aliphatic carbocycles. The van der Waals surface area contributed by atoms with E-state index in [1.807, 2.05) is 24.3 Å². The number of H-pyrrole nitrogens is 1. The van der Waals surface area contributed by atoms with Crippen LogP contribution in [0.4, 0.5) is 0 Å². The van der Waals surface area contributed by atoms with Crippen molar-refractivity contribution in [1.82, 2.24) is 15.4 Å². The fourth-order valence-corrected chi connectivity index (χ4v) is 1.68. The van der Waals surface area contributed by atoms with E-state index >= 15 is 0 Å². The van der Waals surface area contributed by atoms with E-state index in [-0.39, 0.29) is 6.04 Å². The Kier molecular flexibility index (Phi) is 3.56. The van der Waals surface area contributed by atoms with Crippen LogP contribution in [0.15, 0.2) is 36.7 Å². The van der Waals surface area contributed by atoms with Crippen molar-refractivity contribution in [3.05, 3.63) is 53.1 Å². The summed E-state index contributed by atoms with van der Waals surface area (Å²) < 4.78 is 0. The molecule has 0 saturated carbocycles. The Morgan fingerprint density at radius 1 is 1.38 bits per heavy atom. The molecular weight excluding hydrogens is 224 g/mol. The van der Waals surface area contributed by atoms with Gasteiger partial charge < -0.3 is 4.98 Å². The van der Waals surface area contributed by atoms with E-state index in [4.69, 9.17) is 17.4 Å². The van der Waals surface area contributed by atoms with Crippen LogP contribution in [0.25, 0.3) is 0 Å². The number of hydrogen-bond acceptors (Lipinski definition) is 3. The number of aromatic nitrogens is 2. The van der Waals surface area contributed by atoms with Gasteiger partial charge in [0.15, 0.2) is 0 Å². The maximum atomic E-state index is 5.82. The minimum absolute atomic E-state index is 0.0174. The standard InChI is InChI=1S/C11H13ClN4/c12-9-3-1-8(2-4-9)7-10(16-13)11-14-5-6-15-11/h1-6,10,16H,7,13H2,(H,14,15). The van der Waals surface area contributed by atoms with E-state index in [1.54, 1.807) is 12.4 Å². The molecule has 0 saturated heterocycles. The van der Waals surface area contributed by atoms with Crippen LogP contribution in [0.2, 0.25) is 5.02 Å². The van der Waals surface area contributed by atoms with Crippen LogP contribution in [0.1, 0.15) is 17.4 Å². The highest BCUT2D eigenvalue weighted by molar-refractivity contribution is 6.30. The smallest absolute Gasteiger partial charge is 0.124 e. The minimum Gasteiger partial charge on any atom is -0.347 e. The highest BCUT2D eigenvalue weighted by Crippen LogP contribution is 2.16. The molecule has 2 aromatic rings. The molecule has 0 spiro atoms. The van der Waals surface area contributed by atoms with Crippen molar-refractivity contribution in [2.45, 2.75) is 12.5 Å². The van der Waals surface area contributed by atoms with Gasteiger partial charge in [0.25, 0.3) is 0 Å². The predicted octanol–water partition coefficient (Wildman–Crippen LogP) is 1.81. The van der Waals surface area contributed by atoms with E-state index in [9.17, 15) is 0 Å². The summed E-state index contributed by atoms with van der Waals surface area (Å²) in [5.41, 5.74) is 3.90. The van der Waals surface area contributed by atoms with Crippen molar-refractivity contribution >= 4 is 11.6 Å². The molecule has 5 heteroatoms. The van der Waals surface area contributed by atoms with Gasteiger partial charge in [-0.25, -0.2) is 10.4 Å². The maximum absolute atomic E-state index is 5.82. The van der Waals surface area contributed by atoms with Gasteiger partial charge in [-0.3, -0.25) is 5.84 Å². The first-order valence-corrected chi connectivity index (χ1v) is 5.37. The number of imidazole rings is 1. The van der Waals surface area contributed by atoms with Crippen LogP contribution in [0.3, 0.4) is 0 Å². The number of hydrazine groups is 1. The van der Waals surface area contributed by atoms with Crippen LogP contribution in [0.5, 0.6) is 0 Å². The third-order valence-corrected chi connectivity index (χ3v) is 2.66. The average Bonchev–Trinajstić information content (AvgIpc) is 2.82. The lowest BCUT2D eigenvalue weighted by Crippen LogP contribution is -2.30. The Morgan fingerprint density at radius 3 is 2.69 bits per heavy atom. The average molecular weight is 237 g/mol. The van der Waals surface area contributed by atoms with Crippen LogP contribution in [-0.2, 0) is 6.42 Å². The number of halogens is 1. The molecule has 4 N–H and O–H groups in total. The van der Waals surface area contributed by atoms with Gasteiger partial charge in [-0.05, 0) is 24.1 Å². The van der Waals surface area contributed by atoms with Gasteiger partial charge in [0.2, 0.25) is 0 Å². The van der Waals surface area contributed by atoms with Crippen molar-refractivity contribution in [2.75, 3.05) is 0 Å². The van der Waals surface area contributed by atoms with Crippen molar-refractivity contribution in [2.24, 2.45) is 5.84 Å². The normalized spacial score (nSPS) is 12.6. The van der Waals surface area contributed by atoms with E-state index < -0.39 is 0 Å². The highest BCUT2D eigenvalue weighted by Gasteiger charge is 2.12. The number of rotatable bonds is 4. The molecule has 2 rings (SSSR count). The number of nitrogens with zero attached hydrogens (tertiary/aromatic N) is 1. The molecule has 1 heterocycles. The van der Waals surface area contributed by atoms with Crippen LogP contribution in [-0.4, -0.2) is 9.97 Å². The van der Waals surface area contributed by atoms with E-state index in [2.05, 4.69) is 15.4 Å².